The molecule has 3 unspecified atom stereocenters. The van der Waals surface area contributed by atoms with Crippen LogP contribution in [0.3, 0.4) is 0 Å². The third-order valence-electron chi connectivity index (χ3n) is 6.24. The maximum absolute atomic E-state index is 13.4. The second-order valence-corrected chi connectivity index (χ2v) is 12.0. The van der Waals surface area contributed by atoms with Gasteiger partial charge in [0.2, 0.25) is 0 Å². The van der Waals surface area contributed by atoms with E-state index in [0.717, 1.165) is 16.7 Å². The van der Waals surface area contributed by atoms with Gasteiger partial charge in [-0.25, -0.2) is 14.4 Å². The van der Waals surface area contributed by atoms with E-state index in [9.17, 15) is 19.5 Å². The Bertz CT molecular complexity index is 1060. The first-order chi connectivity index (χ1) is 17.6. The maximum atomic E-state index is 13.4. The molecule has 1 saturated heterocycles. The number of carbonyl (C=O) groups excluding carboxylic acids is 3. The summed E-state index contributed by atoms with van der Waals surface area (Å²) < 4.78 is 16.8. The van der Waals surface area contributed by atoms with Crippen LogP contribution in [0.2, 0.25) is 0 Å². The Labute approximate surface area is 225 Å². The third-order valence-corrected chi connectivity index (χ3v) is 6.24. The SMILES string of the molecule is CCOC(=O)C1=C(c2ccc(CC(C)O)cc2)CC2CN(C(=O)OC(C)(C)C)CC1N2C(=O)OC(C)(C)C. The molecule has 1 N–H and O–H groups in total. The van der Waals surface area contributed by atoms with Crippen LogP contribution < -0.4 is 0 Å². The molecular weight excluding hydrogens is 488 g/mol. The van der Waals surface area contributed by atoms with Gasteiger partial charge in [-0.05, 0) is 84.9 Å². The Morgan fingerprint density at radius 2 is 1.55 bits per heavy atom. The van der Waals surface area contributed by atoms with E-state index < -0.39 is 47.5 Å². The number of fused-ring (bicyclic) bond motifs is 2. The topological polar surface area (TPSA) is 106 Å². The Morgan fingerprint density at radius 1 is 0.974 bits per heavy atom. The van der Waals surface area contributed by atoms with Crippen LogP contribution in [-0.4, -0.2) is 82.1 Å². The van der Waals surface area contributed by atoms with Crippen LogP contribution in [0.15, 0.2) is 29.8 Å². The quantitative estimate of drug-likeness (QED) is 0.440. The average molecular weight is 531 g/mol. The number of amides is 2. The van der Waals surface area contributed by atoms with E-state index in [-0.39, 0.29) is 19.7 Å². The highest BCUT2D eigenvalue weighted by atomic mass is 16.6. The van der Waals surface area contributed by atoms with Crippen LogP contribution in [0.25, 0.3) is 5.57 Å². The molecule has 2 heterocycles. The molecule has 0 saturated carbocycles. The fourth-order valence-corrected chi connectivity index (χ4v) is 4.90. The molecule has 1 fully saturated rings. The first kappa shape index (κ1) is 29.5. The van der Waals surface area contributed by atoms with Crippen molar-refractivity contribution in [2.45, 2.75) is 97.6 Å². The lowest BCUT2D eigenvalue weighted by Crippen LogP contribution is -2.65. The van der Waals surface area contributed by atoms with Crippen molar-refractivity contribution in [1.82, 2.24) is 9.80 Å². The van der Waals surface area contributed by atoms with E-state index >= 15 is 0 Å². The summed E-state index contributed by atoms with van der Waals surface area (Å²) in [5, 5.41) is 9.75. The predicted octanol–water partition coefficient (Wildman–Crippen LogP) is 4.56. The van der Waals surface area contributed by atoms with Gasteiger partial charge in [-0.3, -0.25) is 4.90 Å². The Hall–Kier alpha value is -3.07. The van der Waals surface area contributed by atoms with Gasteiger partial charge in [0.05, 0.1) is 30.4 Å². The summed E-state index contributed by atoms with van der Waals surface area (Å²) in [4.78, 5) is 43.0. The molecule has 38 heavy (non-hydrogen) atoms. The van der Waals surface area contributed by atoms with E-state index in [2.05, 4.69) is 0 Å². The highest BCUT2D eigenvalue weighted by molar-refractivity contribution is 6.01. The van der Waals surface area contributed by atoms with Crippen LogP contribution in [0.4, 0.5) is 9.59 Å². The molecule has 1 aromatic carbocycles. The summed E-state index contributed by atoms with van der Waals surface area (Å²) in [7, 11) is 0. The molecule has 0 aliphatic carbocycles. The largest absolute Gasteiger partial charge is 0.463 e. The standard InChI is InChI=1S/C29H42N2O7/c1-9-36-25(33)24-22(20-12-10-19(11-13-20)14-18(2)32)15-21-16-30(26(34)37-28(3,4)5)17-23(24)31(21)27(35)38-29(6,7)8/h10-13,18,21,23,32H,9,14-17H2,1-8H3. The first-order valence-electron chi connectivity index (χ1n) is 13.3. The van der Waals surface area contributed by atoms with Gasteiger partial charge < -0.3 is 24.2 Å². The number of ether oxygens (including phenoxy) is 3. The number of rotatable bonds is 5. The van der Waals surface area contributed by atoms with Crippen molar-refractivity contribution in [3.8, 4) is 0 Å². The number of nitrogens with zero attached hydrogens (tertiary/aromatic N) is 2. The van der Waals surface area contributed by atoms with Crippen LogP contribution in [-0.2, 0) is 25.4 Å². The van der Waals surface area contributed by atoms with Crippen molar-refractivity contribution in [3.63, 3.8) is 0 Å². The number of hydrogen-bond acceptors (Lipinski definition) is 7. The van der Waals surface area contributed by atoms with Crippen LogP contribution in [0.5, 0.6) is 0 Å². The lowest BCUT2D eigenvalue weighted by Gasteiger charge is -2.50. The smallest absolute Gasteiger partial charge is 0.411 e. The summed E-state index contributed by atoms with van der Waals surface area (Å²) in [5.74, 6) is -0.529. The highest BCUT2D eigenvalue weighted by Gasteiger charge is 2.49. The summed E-state index contributed by atoms with van der Waals surface area (Å²) in [5.41, 5.74) is 1.52. The molecule has 1 aromatic rings. The van der Waals surface area contributed by atoms with E-state index in [1.807, 2.05) is 24.3 Å². The molecule has 210 valence electrons. The highest BCUT2D eigenvalue weighted by Crippen LogP contribution is 2.40. The second kappa shape index (κ2) is 11.4. The van der Waals surface area contributed by atoms with E-state index in [0.29, 0.717) is 18.4 Å². The molecule has 0 aromatic heterocycles. The van der Waals surface area contributed by atoms with E-state index in [1.54, 1.807) is 65.2 Å². The van der Waals surface area contributed by atoms with Gasteiger partial charge in [-0.2, -0.15) is 0 Å². The fraction of sp³-hybridized carbons (Fsp3) is 0.621. The molecule has 3 atom stereocenters. The van der Waals surface area contributed by atoms with Gasteiger partial charge >= 0.3 is 18.2 Å². The molecule has 2 amide bonds. The Morgan fingerprint density at radius 3 is 2.08 bits per heavy atom. The minimum atomic E-state index is -0.768. The van der Waals surface area contributed by atoms with Crippen LogP contribution >= 0.6 is 0 Å². The fourth-order valence-electron chi connectivity index (χ4n) is 4.90. The molecule has 2 aliphatic rings. The van der Waals surface area contributed by atoms with Crippen molar-refractivity contribution in [3.05, 3.63) is 41.0 Å². The van der Waals surface area contributed by atoms with Crippen LogP contribution in [0.1, 0.15) is 72.9 Å². The molecule has 0 radical (unpaired) electrons. The molecule has 3 rings (SSSR count). The van der Waals surface area contributed by atoms with Gasteiger partial charge in [-0.1, -0.05) is 24.3 Å². The maximum Gasteiger partial charge on any atom is 0.411 e. The number of hydrogen-bond donors (Lipinski definition) is 1. The Balaban J connectivity index is 2.09. The number of carbonyl (C=O) groups is 3. The zero-order valence-electron chi connectivity index (χ0n) is 23.9. The predicted molar refractivity (Wildman–Crippen MR) is 143 cm³/mol. The lowest BCUT2D eigenvalue weighted by atomic mass is 9.82. The molecule has 2 bridgehead atoms. The minimum absolute atomic E-state index is 0.0718. The normalized spacial score (nSPS) is 20.7. The van der Waals surface area contributed by atoms with Gasteiger partial charge in [-0.15, -0.1) is 0 Å². The molecular formula is C29H42N2O7. The van der Waals surface area contributed by atoms with Crippen molar-refractivity contribution >= 4 is 23.7 Å². The van der Waals surface area contributed by atoms with Crippen molar-refractivity contribution in [1.29, 1.82) is 0 Å². The zero-order chi connectivity index (χ0) is 28.4. The van der Waals surface area contributed by atoms with Crippen molar-refractivity contribution in [2.24, 2.45) is 0 Å². The summed E-state index contributed by atoms with van der Waals surface area (Å²) in [6.45, 7) is 14.7. The number of piperazine rings is 1. The second-order valence-electron chi connectivity index (χ2n) is 12.0. The number of aliphatic hydroxyl groups excluding tert-OH is 1. The molecule has 9 nitrogen and oxygen atoms in total. The first-order valence-corrected chi connectivity index (χ1v) is 13.3. The van der Waals surface area contributed by atoms with E-state index in [4.69, 9.17) is 14.2 Å². The number of esters is 1. The third kappa shape index (κ3) is 7.28. The van der Waals surface area contributed by atoms with Gasteiger partial charge in [0.25, 0.3) is 0 Å². The number of benzene rings is 1. The monoisotopic (exact) mass is 530 g/mol. The van der Waals surface area contributed by atoms with Gasteiger partial charge in [0.15, 0.2) is 0 Å². The summed E-state index contributed by atoms with van der Waals surface area (Å²) >= 11 is 0. The zero-order valence-corrected chi connectivity index (χ0v) is 23.9. The lowest BCUT2D eigenvalue weighted by molar-refractivity contribution is -0.140. The summed E-state index contributed by atoms with van der Waals surface area (Å²) in [6, 6.07) is 6.52. The summed E-state index contributed by atoms with van der Waals surface area (Å²) in [6.07, 6.45) is -0.647. The molecule has 0 spiro atoms. The van der Waals surface area contributed by atoms with Gasteiger partial charge in [0.1, 0.15) is 11.2 Å². The molecule has 9 heteroatoms. The number of aliphatic hydroxyl groups is 1. The van der Waals surface area contributed by atoms with E-state index in [1.165, 1.54) is 0 Å². The van der Waals surface area contributed by atoms with Crippen LogP contribution in [0, 0.1) is 0 Å². The van der Waals surface area contributed by atoms with Crippen molar-refractivity contribution in [2.75, 3.05) is 19.7 Å². The average Bonchev–Trinajstić information content (AvgIpc) is 2.75. The molecule has 2 aliphatic heterocycles. The minimum Gasteiger partial charge on any atom is -0.463 e. The Kier molecular flexibility index (Phi) is 8.81. The van der Waals surface area contributed by atoms with Crippen molar-refractivity contribution < 1.29 is 33.7 Å². The van der Waals surface area contributed by atoms with Gasteiger partial charge in [0, 0.05) is 13.1 Å².